The summed E-state index contributed by atoms with van der Waals surface area (Å²) in [7, 11) is 1.59. The quantitative estimate of drug-likeness (QED) is 0.0727. The molecule has 7 rings (SSSR count). The first-order chi connectivity index (χ1) is 26.7. The van der Waals surface area contributed by atoms with Crippen LogP contribution in [0.25, 0.3) is 33.5 Å². The number of imide groups is 1. The molecular formula is C45H33N3O6S. The summed E-state index contributed by atoms with van der Waals surface area (Å²) in [6.07, 6.45) is -0.110. The first kappa shape index (κ1) is 36.5. The van der Waals surface area contributed by atoms with E-state index in [1.807, 2.05) is 104 Å². The molecule has 0 N–H and O–H groups in total. The largest absolute Gasteiger partial charge is 0.497 e. The van der Waals surface area contributed by atoms with Crippen LogP contribution in [-0.2, 0) is 14.3 Å². The number of Topliss-reactive ketones (excluding diaryl/α,β-unsaturated/α-hetero) is 1. The molecule has 1 aliphatic heterocycles. The number of rotatable bonds is 11. The highest BCUT2D eigenvalue weighted by atomic mass is 32.2. The summed E-state index contributed by atoms with van der Waals surface area (Å²) in [4.78, 5) is 58.6. The standard InChI is InChI=1S/C45H33N3O6S/c1-28-8-10-31(11-9-28)37-24-39(32-18-22-36(53-2)23-19-32)47-43(38(37)26-46)55-41-25-42(50)48(44(41)51)35-20-16-34(17-21-35)45(52)54-27-40(49)33-14-12-30(13-15-33)29-6-4-3-5-7-29/h3-24,41H,25,27H2,1-2H3. The van der Waals surface area contributed by atoms with Gasteiger partial charge >= 0.3 is 5.97 Å². The minimum Gasteiger partial charge on any atom is -0.497 e. The number of carbonyl (C=O) groups excluding carboxylic acids is 4. The molecule has 10 heteroatoms. The van der Waals surface area contributed by atoms with Gasteiger partial charge in [-0.1, -0.05) is 96.2 Å². The van der Waals surface area contributed by atoms with Crippen molar-refractivity contribution in [2.75, 3.05) is 18.6 Å². The molecule has 1 atom stereocenters. The summed E-state index contributed by atoms with van der Waals surface area (Å²) in [5.41, 5.74) is 7.06. The Kier molecular flexibility index (Phi) is 10.7. The van der Waals surface area contributed by atoms with Gasteiger partial charge < -0.3 is 9.47 Å². The molecule has 270 valence electrons. The second-order valence-corrected chi connectivity index (χ2v) is 14.0. The van der Waals surface area contributed by atoms with Crippen molar-refractivity contribution < 1.29 is 28.7 Å². The van der Waals surface area contributed by atoms with Crippen LogP contribution in [0.4, 0.5) is 5.69 Å². The van der Waals surface area contributed by atoms with Gasteiger partial charge in [0, 0.05) is 23.1 Å². The number of nitriles is 1. The number of amides is 2. The molecule has 9 nitrogen and oxygen atoms in total. The van der Waals surface area contributed by atoms with Gasteiger partial charge in [0.15, 0.2) is 12.4 Å². The Morgan fingerprint density at radius 2 is 1.42 bits per heavy atom. The number of ether oxygens (including phenoxy) is 2. The molecule has 0 radical (unpaired) electrons. The number of nitrogens with zero attached hydrogens (tertiary/aromatic N) is 3. The van der Waals surface area contributed by atoms with Crippen LogP contribution in [0.1, 0.15) is 38.3 Å². The summed E-state index contributed by atoms with van der Waals surface area (Å²) >= 11 is 1.08. The van der Waals surface area contributed by atoms with Crippen LogP contribution in [0.3, 0.4) is 0 Å². The average Bonchev–Trinajstić information content (AvgIpc) is 3.51. The van der Waals surface area contributed by atoms with Crippen LogP contribution in [0.5, 0.6) is 5.75 Å². The van der Waals surface area contributed by atoms with Gasteiger partial charge in [-0.05, 0) is 78.2 Å². The van der Waals surface area contributed by atoms with E-state index in [0.717, 1.165) is 44.5 Å². The van der Waals surface area contributed by atoms with Crippen LogP contribution in [0.2, 0.25) is 0 Å². The minimum atomic E-state index is -0.846. The molecule has 1 fully saturated rings. The Morgan fingerprint density at radius 3 is 2.07 bits per heavy atom. The van der Waals surface area contributed by atoms with E-state index in [9.17, 15) is 24.4 Å². The maximum absolute atomic E-state index is 13.8. The van der Waals surface area contributed by atoms with E-state index in [4.69, 9.17) is 14.5 Å². The molecule has 5 aromatic carbocycles. The Hall–Kier alpha value is -6.83. The van der Waals surface area contributed by atoms with Crippen molar-refractivity contribution in [3.05, 3.63) is 156 Å². The number of anilines is 1. The van der Waals surface area contributed by atoms with Gasteiger partial charge in [0.2, 0.25) is 11.8 Å². The molecule has 2 amide bonds. The zero-order valence-electron chi connectivity index (χ0n) is 29.9. The van der Waals surface area contributed by atoms with Crippen molar-refractivity contribution >= 4 is 41.0 Å². The smallest absolute Gasteiger partial charge is 0.338 e. The molecule has 0 spiro atoms. The number of thioether (sulfide) groups is 1. The van der Waals surface area contributed by atoms with Crippen molar-refractivity contribution in [3.8, 4) is 45.3 Å². The van der Waals surface area contributed by atoms with E-state index in [1.165, 1.54) is 24.3 Å². The first-order valence-corrected chi connectivity index (χ1v) is 18.3. The zero-order valence-corrected chi connectivity index (χ0v) is 30.7. The number of carbonyl (C=O) groups is 4. The Morgan fingerprint density at radius 1 is 0.800 bits per heavy atom. The number of aromatic nitrogens is 1. The predicted octanol–water partition coefficient (Wildman–Crippen LogP) is 8.74. The van der Waals surface area contributed by atoms with Crippen molar-refractivity contribution in [1.29, 1.82) is 5.26 Å². The van der Waals surface area contributed by atoms with Crippen molar-refractivity contribution in [1.82, 2.24) is 4.98 Å². The van der Waals surface area contributed by atoms with Crippen LogP contribution >= 0.6 is 11.8 Å². The van der Waals surface area contributed by atoms with Crippen LogP contribution in [0, 0.1) is 18.3 Å². The fourth-order valence-corrected chi connectivity index (χ4v) is 7.34. The monoisotopic (exact) mass is 743 g/mol. The molecule has 0 aliphatic carbocycles. The fraction of sp³-hybridized carbons (Fsp3) is 0.111. The molecule has 1 saturated heterocycles. The highest BCUT2D eigenvalue weighted by molar-refractivity contribution is 8.00. The lowest BCUT2D eigenvalue weighted by atomic mass is 9.98. The number of hydrogen-bond acceptors (Lipinski definition) is 9. The topological polar surface area (TPSA) is 127 Å². The van der Waals surface area contributed by atoms with Gasteiger partial charge in [0.05, 0.1) is 34.9 Å². The molecule has 0 bridgehead atoms. The number of benzene rings is 5. The highest BCUT2D eigenvalue weighted by Crippen LogP contribution is 2.39. The van der Waals surface area contributed by atoms with Crippen LogP contribution < -0.4 is 9.64 Å². The number of aryl methyl sites for hydroxylation is 1. The lowest BCUT2D eigenvalue weighted by Crippen LogP contribution is -2.31. The lowest BCUT2D eigenvalue weighted by Gasteiger charge is -2.17. The van der Waals surface area contributed by atoms with Gasteiger partial charge in [-0.25, -0.2) is 14.7 Å². The van der Waals surface area contributed by atoms with E-state index in [1.54, 1.807) is 19.2 Å². The van der Waals surface area contributed by atoms with Crippen molar-refractivity contribution in [3.63, 3.8) is 0 Å². The number of hydrogen-bond donors (Lipinski definition) is 0. The van der Waals surface area contributed by atoms with E-state index in [0.29, 0.717) is 33.2 Å². The Balaban J connectivity index is 1.05. The highest BCUT2D eigenvalue weighted by Gasteiger charge is 2.41. The molecule has 55 heavy (non-hydrogen) atoms. The number of pyridine rings is 1. The van der Waals surface area contributed by atoms with E-state index in [-0.39, 0.29) is 23.5 Å². The predicted molar refractivity (Wildman–Crippen MR) is 211 cm³/mol. The molecule has 1 aliphatic rings. The number of methoxy groups -OCH3 is 1. The maximum atomic E-state index is 13.8. The van der Waals surface area contributed by atoms with Gasteiger partial charge in [-0.15, -0.1) is 0 Å². The first-order valence-electron chi connectivity index (χ1n) is 17.4. The molecule has 2 heterocycles. The van der Waals surface area contributed by atoms with Gasteiger partial charge in [0.25, 0.3) is 0 Å². The van der Waals surface area contributed by atoms with Crippen LogP contribution in [0.15, 0.2) is 138 Å². The molecule has 6 aromatic rings. The van der Waals surface area contributed by atoms with E-state index < -0.39 is 29.6 Å². The van der Waals surface area contributed by atoms with E-state index in [2.05, 4.69) is 6.07 Å². The molecule has 1 aromatic heterocycles. The summed E-state index contributed by atoms with van der Waals surface area (Å²) in [5, 5.41) is 9.86. The van der Waals surface area contributed by atoms with Crippen molar-refractivity contribution in [2.45, 2.75) is 23.6 Å². The summed E-state index contributed by atoms with van der Waals surface area (Å²) in [6.45, 7) is 1.53. The maximum Gasteiger partial charge on any atom is 0.338 e. The lowest BCUT2D eigenvalue weighted by molar-refractivity contribution is -0.121. The normalized spacial score (nSPS) is 13.7. The molecular weight excluding hydrogens is 711 g/mol. The Bertz CT molecular complexity index is 2440. The summed E-state index contributed by atoms with van der Waals surface area (Å²) < 4.78 is 10.6. The third-order valence-corrected chi connectivity index (χ3v) is 10.4. The SMILES string of the molecule is COc1ccc(-c2cc(-c3ccc(C)cc3)c(C#N)c(SC3CC(=O)N(c4ccc(C(=O)OCC(=O)c5ccc(-c6ccccc6)cc5)cc4)C3=O)n2)cc1. The number of ketones is 1. The Labute approximate surface area is 322 Å². The second-order valence-electron chi connectivity index (χ2n) is 12.8. The van der Waals surface area contributed by atoms with Crippen LogP contribution in [-0.4, -0.2) is 47.5 Å². The molecule has 1 unspecified atom stereocenters. The zero-order chi connectivity index (χ0) is 38.5. The number of esters is 1. The third kappa shape index (κ3) is 7.93. The second kappa shape index (κ2) is 16.0. The minimum absolute atomic E-state index is 0.110. The average molecular weight is 744 g/mol. The van der Waals surface area contributed by atoms with E-state index >= 15 is 0 Å². The summed E-state index contributed by atoms with van der Waals surface area (Å²) in [5.74, 6) is -1.28. The fourth-order valence-electron chi connectivity index (χ4n) is 6.21. The van der Waals surface area contributed by atoms with Gasteiger partial charge in [-0.3, -0.25) is 14.4 Å². The van der Waals surface area contributed by atoms with Gasteiger partial charge in [0.1, 0.15) is 16.8 Å². The molecule has 0 saturated carbocycles. The summed E-state index contributed by atoms with van der Waals surface area (Å²) in [6, 6.07) is 42.0. The van der Waals surface area contributed by atoms with Crippen molar-refractivity contribution in [2.24, 2.45) is 0 Å². The van der Waals surface area contributed by atoms with Gasteiger partial charge in [-0.2, -0.15) is 5.26 Å². The third-order valence-electron chi connectivity index (χ3n) is 9.22.